The molecule has 4 rings (SSSR count). The summed E-state index contributed by atoms with van der Waals surface area (Å²) in [6.07, 6.45) is 17.8. The summed E-state index contributed by atoms with van der Waals surface area (Å²) in [6.45, 7) is 8.60. The molecule has 0 atom stereocenters. The largest absolute Gasteiger partial charge is 0.545 e. The normalized spacial score (nSPS) is 9.89. The average Bonchev–Trinajstić information content (AvgIpc) is 3.19. The Morgan fingerprint density at radius 2 is 0.544 bits per heavy atom. The SMILES string of the molecule is CCCCCc1cccc(C(=O)[O-])c1.CCCCCc1cccc(C(=O)[O-])c1.CCCCCc1cccc(C(=O)[O-])c1.CCCCCc1cccc(C(=O)[O-])c1.[Pb]. The summed E-state index contributed by atoms with van der Waals surface area (Å²) in [5.74, 6) is -4.38. The van der Waals surface area contributed by atoms with Crippen molar-refractivity contribution < 1.29 is 39.6 Å². The van der Waals surface area contributed by atoms with Gasteiger partial charge < -0.3 is 39.6 Å². The molecule has 0 amide bonds. The minimum Gasteiger partial charge on any atom is -0.545 e. The molecule has 0 unspecified atom stereocenters. The maximum atomic E-state index is 10.6. The van der Waals surface area contributed by atoms with E-state index in [0.717, 1.165) is 73.6 Å². The zero-order chi connectivity index (χ0) is 41.6. The number of carboxylic acids is 4. The van der Waals surface area contributed by atoms with E-state index in [9.17, 15) is 39.6 Å². The number of carbonyl (C=O) groups is 4. The summed E-state index contributed by atoms with van der Waals surface area (Å²) in [5.41, 5.74) is 5.44. The smallest absolute Gasteiger partial charge is 0.0715 e. The number of carbonyl (C=O) groups excluding carboxylic acids is 4. The Bertz CT molecular complexity index is 1480. The Morgan fingerprint density at radius 1 is 0.351 bits per heavy atom. The van der Waals surface area contributed by atoms with Gasteiger partial charge in [0, 0.05) is 27.3 Å². The minimum absolute atomic E-state index is 0. The van der Waals surface area contributed by atoms with Gasteiger partial charge in [0.25, 0.3) is 0 Å². The first-order valence-corrected chi connectivity index (χ1v) is 20.2. The van der Waals surface area contributed by atoms with Gasteiger partial charge in [0.2, 0.25) is 0 Å². The molecular formula is C48H60O8Pb-4. The van der Waals surface area contributed by atoms with E-state index in [4.69, 9.17) is 0 Å². The molecule has 0 saturated heterocycles. The van der Waals surface area contributed by atoms with Gasteiger partial charge in [0.1, 0.15) is 0 Å². The van der Waals surface area contributed by atoms with Crippen molar-refractivity contribution in [2.75, 3.05) is 0 Å². The minimum atomic E-state index is -1.10. The molecule has 8 nitrogen and oxygen atoms in total. The van der Waals surface area contributed by atoms with Crippen LogP contribution in [0.4, 0.5) is 0 Å². The average molecular weight is 972 g/mol. The van der Waals surface area contributed by atoms with Crippen molar-refractivity contribution in [2.24, 2.45) is 0 Å². The molecule has 9 heteroatoms. The number of unbranched alkanes of at least 4 members (excludes halogenated alkanes) is 8. The number of aryl methyl sites for hydroxylation is 4. The summed E-state index contributed by atoms with van der Waals surface area (Å²) >= 11 is 0. The van der Waals surface area contributed by atoms with Gasteiger partial charge in [-0.2, -0.15) is 0 Å². The predicted molar refractivity (Wildman–Crippen MR) is 222 cm³/mol. The van der Waals surface area contributed by atoms with Crippen molar-refractivity contribution in [3.63, 3.8) is 0 Å². The van der Waals surface area contributed by atoms with E-state index >= 15 is 0 Å². The molecule has 4 radical (unpaired) electrons. The zero-order valence-electron chi connectivity index (χ0n) is 34.3. The number of hydrogen-bond acceptors (Lipinski definition) is 8. The van der Waals surface area contributed by atoms with Crippen LogP contribution in [0.3, 0.4) is 0 Å². The third kappa shape index (κ3) is 24.8. The number of carboxylic acid groups (broad SMARTS) is 4. The van der Waals surface area contributed by atoms with Crippen molar-refractivity contribution in [2.45, 2.75) is 130 Å². The van der Waals surface area contributed by atoms with Crippen LogP contribution in [0.2, 0.25) is 0 Å². The van der Waals surface area contributed by atoms with Gasteiger partial charge in [-0.05, 0) is 120 Å². The fraction of sp³-hybridized carbons (Fsp3) is 0.417. The summed E-state index contributed by atoms with van der Waals surface area (Å²) in [7, 11) is 0. The summed E-state index contributed by atoms with van der Waals surface area (Å²) in [6, 6.07) is 28.0. The maximum Gasteiger partial charge on any atom is 0.0715 e. The fourth-order valence-corrected chi connectivity index (χ4v) is 5.73. The summed E-state index contributed by atoms with van der Waals surface area (Å²) in [4.78, 5) is 42.3. The zero-order valence-corrected chi connectivity index (χ0v) is 38.2. The van der Waals surface area contributed by atoms with Crippen LogP contribution in [0, 0.1) is 0 Å². The van der Waals surface area contributed by atoms with E-state index in [1.807, 2.05) is 24.3 Å². The molecule has 0 aliphatic heterocycles. The number of benzene rings is 4. The predicted octanol–water partition coefficient (Wildman–Crippen LogP) is 6.75. The van der Waals surface area contributed by atoms with Crippen LogP contribution in [0.15, 0.2) is 97.1 Å². The molecule has 308 valence electrons. The second-order valence-electron chi connectivity index (χ2n) is 13.8. The Morgan fingerprint density at radius 3 is 0.702 bits per heavy atom. The first-order valence-electron chi connectivity index (χ1n) is 20.2. The molecule has 57 heavy (non-hydrogen) atoms. The molecule has 0 N–H and O–H groups in total. The maximum absolute atomic E-state index is 10.6. The van der Waals surface area contributed by atoms with Gasteiger partial charge in [-0.1, -0.05) is 152 Å². The van der Waals surface area contributed by atoms with Gasteiger partial charge in [-0.15, -0.1) is 0 Å². The fourth-order valence-electron chi connectivity index (χ4n) is 5.73. The third-order valence-electron chi connectivity index (χ3n) is 8.93. The molecule has 0 heterocycles. The quantitative estimate of drug-likeness (QED) is 0.0695. The van der Waals surface area contributed by atoms with Crippen molar-refractivity contribution >= 4 is 51.2 Å². The van der Waals surface area contributed by atoms with E-state index in [2.05, 4.69) is 27.7 Å². The molecule has 0 spiro atoms. The Kier molecular flexibility index (Phi) is 30.3. The van der Waals surface area contributed by atoms with Gasteiger partial charge in [0.05, 0.1) is 23.9 Å². The monoisotopic (exact) mass is 972 g/mol. The van der Waals surface area contributed by atoms with Crippen LogP contribution in [-0.4, -0.2) is 51.2 Å². The van der Waals surface area contributed by atoms with E-state index in [1.54, 1.807) is 72.8 Å². The van der Waals surface area contributed by atoms with Crippen LogP contribution in [0.5, 0.6) is 0 Å². The molecule has 0 saturated carbocycles. The number of hydrogen-bond donors (Lipinski definition) is 0. The van der Waals surface area contributed by atoms with Gasteiger partial charge in [-0.3, -0.25) is 0 Å². The van der Waals surface area contributed by atoms with Crippen molar-refractivity contribution in [3.8, 4) is 0 Å². The first-order chi connectivity index (χ1) is 26.9. The molecule has 0 bridgehead atoms. The van der Waals surface area contributed by atoms with Crippen LogP contribution >= 0.6 is 0 Å². The second-order valence-corrected chi connectivity index (χ2v) is 13.8. The van der Waals surface area contributed by atoms with Gasteiger partial charge >= 0.3 is 0 Å². The van der Waals surface area contributed by atoms with Crippen LogP contribution in [0.25, 0.3) is 0 Å². The van der Waals surface area contributed by atoms with Crippen molar-refractivity contribution in [1.82, 2.24) is 0 Å². The third-order valence-corrected chi connectivity index (χ3v) is 8.93. The second kappa shape index (κ2) is 32.7. The molecule has 4 aromatic rings. The molecule has 0 aromatic heterocycles. The standard InChI is InChI=1S/4C12H16O2.Pb/c4*1-2-3-4-6-10-7-5-8-11(9-10)12(13)14;/h4*5,7-9H,2-4,6H2,1H3,(H,13,14);/p-4. The Balaban J connectivity index is 0.000000729. The molecule has 4 aromatic carbocycles. The summed E-state index contributed by atoms with van der Waals surface area (Å²) in [5, 5.41) is 42.3. The van der Waals surface area contributed by atoms with E-state index in [0.29, 0.717) is 0 Å². The van der Waals surface area contributed by atoms with E-state index in [1.165, 1.54) is 51.4 Å². The topological polar surface area (TPSA) is 161 Å². The van der Waals surface area contributed by atoms with Crippen LogP contribution in [0.1, 0.15) is 168 Å². The summed E-state index contributed by atoms with van der Waals surface area (Å²) < 4.78 is 0. The van der Waals surface area contributed by atoms with Crippen LogP contribution in [-0.2, 0) is 25.7 Å². The Labute approximate surface area is 360 Å². The molecule has 0 aliphatic rings. The van der Waals surface area contributed by atoms with Crippen molar-refractivity contribution in [3.05, 3.63) is 142 Å². The molecule has 0 fully saturated rings. The van der Waals surface area contributed by atoms with Crippen molar-refractivity contribution in [1.29, 1.82) is 0 Å². The van der Waals surface area contributed by atoms with E-state index < -0.39 is 23.9 Å². The molecule has 0 aliphatic carbocycles. The first kappa shape index (κ1) is 52.7. The van der Waals surface area contributed by atoms with Crippen LogP contribution < -0.4 is 20.4 Å². The van der Waals surface area contributed by atoms with Gasteiger partial charge in [-0.25, -0.2) is 0 Å². The van der Waals surface area contributed by atoms with E-state index in [-0.39, 0.29) is 49.6 Å². The number of rotatable bonds is 20. The Hall–Kier alpha value is -4.32. The number of aromatic carboxylic acids is 4. The molecular weight excluding hydrogens is 912 g/mol. The van der Waals surface area contributed by atoms with Gasteiger partial charge in [0.15, 0.2) is 0 Å².